The first kappa shape index (κ1) is 22.6. The summed E-state index contributed by atoms with van der Waals surface area (Å²) in [4.78, 5) is 14.5. The lowest BCUT2D eigenvalue weighted by molar-refractivity contribution is 0.0761. The summed E-state index contributed by atoms with van der Waals surface area (Å²) in [6.45, 7) is 4.58. The molecule has 1 aromatic carbocycles. The molecule has 7 heteroatoms. The van der Waals surface area contributed by atoms with Crippen LogP contribution >= 0.6 is 0 Å². The minimum atomic E-state index is 0. The van der Waals surface area contributed by atoms with Crippen LogP contribution in [0.25, 0.3) is 0 Å². The van der Waals surface area contributed by atoms with E-state index in [0.717, 1.165) is 51.1 Å². The molecule has 0 saturated carbocycles. The summed E-state index contributed by atoms with van der Waals surface area (Å²) >= 11 is 2.83. The second-order valence-corrected chi connectivity index (χ2v) is 5.68. The Morgan fingerprint density at radius 1 is 1.04 bits per heavy atom. The van der Waals surface area contributed by atoms with Crippen LogP contribution in [0.2, 0.25) is 0 Å². The SMILES string of the molecule is CNCCNCc1ccc(C(=O)N2CCCCCC2)cc1.O.O=S. The summed E-state index contributed by atoms with van der Waals surface area (Å²) < 4.78 is 7.83. The second kappa shape index (κ2) is 14.0. The van der Waals surface area contributed by atoms with Crippen LogP contribution in [0.4, 0.5) is 0 Å². The van der Waals surface area contributed by atoms with Gasteiger partial charge in [0.15, 0.2) is 12.5 Å². The highest BCUT2D eigenvalue weighted by atomic mass is 32.1. The fourth-order valence-corrected chi connectivity index (χ4v) is 2.67. The van der Waals surface area contributed by atoms with Crippen LogP contribution in [-0.2, 0) is 19.1 Å². The van der Waals surface area contributed by atoms with E-state index >= 15 is 0 Å². The number of carbonyl (C=O) groups is 1. The first-order valence-electron chi connectivity index (χ1n) is 8.21. The highest BCUT2D eigenvalue weighted by molar-refractivity contribution is 7.44. The summed E-state index contributed by atoms with van der Waals surface area (Å²) in [5, 5.41) is 6.47. The van der Waals surface area contributed by atoms with Crippen LogP contribution < -0.4 is 10.6 Å². The van der Waals surface area contributed by atoms with Crippen molar-refractivity contribution in [3.63, 3.8) is 0 Å². The molecule has 1 heterocycles. The van der Waals surface area contributed by atoms with Crippen molar-refractivity contribution in [2.45, 2.75) is 32.2 Å². The van der Waals surface area contributed by atoms with E-state index in [1.54, 1.807) is 0 Å². The summed E-state index contributed by atoms with van der Waals surface area (Å²) in [6, 6.07) is 8.03. The highest BCUT2D eigenvalue weighted by Gasteiger charge is 2.16. The van der Waals surface area contributed by atoms with E-state index in [9.17, 15) is 4.79 Å². The quantitative estimate of drug-likeness (QED) is 0.738. The molecule has 6 nitrogen and oxygen atoms in total. The Bertz CT molecular complexity index is 449. The molecule has 0 atom stereocenters. The van der Waals surface area contributed by atoms with Gasteiger partial charge in [0.05, 0.1) is 0 Å². The number of rotatable bonds is 6. The molecule has 1 aromatic rings. The maximum atomic E-state index is 12.5. The van der Waals surface area contributed by atoms with Crippen LogP contribution in [0.15, 0.2) is 24.3 Å². The molecule has 0 unspecified atom stereocenters. The summed E-state index contributed by atoms with van der Waals surface area (Å²) in [5.41, 5.74) is 2.04. The first-order chi connectivity index (χ1) is 11.3. The molecule has 136 valence electrons. The van der Waals surface area contributed by atoms with Crippen LogP contribution in [-0.4, -0.2) is 53.7 Å². The molecular weight excluding hydrogens is 326 g/mol. The smallest absolute Gasteiger partial charge is 0.253 e. The highest BCUT2D eigenvalue weighted by Crippen LogP contribution is 2.14. The molecule has 1 aliphatic rings. The molecule has 0 bridgehead atoms. The fourth-order valence-electron chi connectivity index (χ4n) is 2.67. The Balaban J connectivity index is 0.00000170. The van der Waals surface area contributed by atoms with Gasteiger partial charge in [-0.1, -0.05) is 25.0 Å². The standard InChI is InChI=1S/C17H27N3O.OS.H2O/c1-18-10-11-19-14-15-6-8-16(9-7-15)17(21)20-12-4-2-3-5-13-20;1-2;/h6-9,18-19H,2-5,10-14H2,1H3;;1H2. The molecule has 1 amide bonds. The van der Waals surface area contributed by atoms with Gasteiger partial charge in [0.1, 0.15) is 0 Å². The van der Waals surface area contributed by atoms with Gasteiger partial charge in [-0.05, 0) is 37.6 Å². The lowest BCUT2D eigenvalue weighted by Gasteiger charge is -2.20. The summed E-state index contributed by atoms with van der Waals surface area (Å²) in [5.74, 6) is 0.187. The van der Waals surface area contributed by atoms with Gasteiger partial charge in [0.25, 0.3) is 5.91 Å². The van der Waals surface area contributed by atoms with E-state index < -0.39 is 0 Å². The van der Waals surface area contributed by atoms with Crippen molar-refractivity contribution in [3.8, 4) is 0 Å². The van der Waals surface area contributed by atoms with Crippen LogP contribution in [0.1, 0.15) is 41.6 Å². The van der Waals surface area contributed by atoms with Gasteiger partial charge in [-0.15, -0.1) is 0 Å². The molecule has 1 saturated heterocycles. The lowest BCUT2D eigenvalue weighted by Crippen LogP contribution is -2.31. The van der Waals surface area contributed by atoms with Crippen molar-refractivity contribution < 1.29 is 14.5 Å². The van der Waals surface area contributed by atoms with Crippen LogP contribution in [0.5, 0.6) is 0 Å². The minimum absolute atomic E-state index is 0. The number of nitrogens with one attached hydrogen (secondary N) is 2. The second-order valence-electron chi connectivity index (χ2n) is 5.68. The maximum absolute atomic E-state index is 12.5. The van der Waals surface area contributed by atoms with Crippen molar-refractivity contribution in [2.75, 3.05) is 33.2 Å². The molecule has 24 heavy (non-hydrogen) atoms. The number of nitrogens with zero attached hydrogens (tertiary/aromatic N) is 1. The normalized spacial score (nSPS) is 14.0. The Labute approximate surface area is 149 Å². The van der Waals surface area contributed by atoms with E-state index in [1.807, 2.05) is 24.1 Å². The lowest BCUT2D eigenvalue weighted by atomic mass is 10.1. The van der Waals surface area contributed by atoms with E-state index in [2.05, 4.69) is 35.3 Å². The van der Waals surface area contributed by atoms with Gasteiger partial charge in [-0.3, -0.25) is 4.79 Å². The number of amides is 1. The third-order valence-electron chi connectivity index (χ3n) is 3.98. The van der Waals surface area contributed by atoms with Crippen molar-refractivity contribution in [1.29, 1.82) is 0 Å². The van der Waals surface area contributed by atoms with Crippen molar-refractivity contribution in [2.24, 2.45) is 0 Å². The maximum Gasteiger partial charge on any atom is 0.253 e. The molecule has 0 aliphatic carbocycles. The van der Waals surface area contributed by atoms with E-state index in [1.165, 1.54) is 18.4 Å². The van der Waals surface area contributed by atoms with Crippen LogP contribution in [0, 0.1) is 0 Å². The average Bonchev–Trinajstić information content (AvgIpc) is 2.90. The zero-order valence-electron chi connectivity index (χ0n) is 14.3. The molecule has 1 fully saturated rings. The Morgan fingerprint density at radius 3 is 2.17 bits per heavy atom. The number of likely N-dealkylation sites (tertiary alicyclic amines) is 1. The molecule has 2 rings (SSSR count). The van der Waals surface area contributed by atoms with Gasteiger partial charge in [-0.25, -0.2) is 0 Å². The van der Waals surface area contributed by atoms with E-state index in [-0.39, 0.29) is 11.4 Å². The van der Waals surface area contributed by atoms with Crippen LogP contribution in [0.3, 0.4) is 0 Å². The average molecular weight is 356 g/mol. The molecular formula is C17H29N3O3S. The summed E-state index contributed by atoms with van der Waals surface area (Å²) in [6.07, 6.45) is 4.78. The number of carbonyl (C=O) groups excluding carboxylic acids is 1. The topological polar surface area (TPSA) is 92.9 Å². The minimum Gasteiger partial charge on any atom is -0.412 e. The number of benzene rings is 1. The zero-order chi connectivity index (χ0) is 16.9. The van der Waals surface area contributed by atoms with Crippen molar-refractivity contribution in [3.05, 3.63) is 35.4 Å². The Hall–Kier alpha value is -1.41. The predicted molar refractivity (Wildman–Crippen MR) is 98.2 cm³/mol. The third-order valence-corrected chi connectivity index (χ3v) is 3.98. The number of likely N-dealkylation sites (N-methyl/N-ethyl adjacent to an activating group) is 1. The number of hydrogen-bond donors (Lipinski definition) is 2. The fraction of sp³-hybridized carbons (Fsp3) is 0.588. The van der Waals surface area contributed by atoms with Gasteiger partial charge in [-0.2, -0.15) is 4.21 Å². The molecule has 1 aliphatic heterocycles. The molecule has 0 aromatic heterocycles. The van der Waals surface area contributed by atoms with Gasteiger partial charge >= 0.3 is 0 Å². The molecule has 0 spiro atoms. The monoisotopic (exact) mass is 355 g/mol. The Kier molecular flexibility index (Phi) is 13.2. The molecule has 4 N–H and O–H groups in total. The first-order valence-corrected chi connectivity index (χ1v) is 8.55. The molecule has 0 radical (unpaired) electrons. The Morgan fingerprint density at radius 2 is 1.62 bits per heavy atom. The van der Waals surface area contributed by atoms with Crippen molar-refractivity contribution in [1.82, 2.24) is 15.5 Å². The largest absolute Gasteiger partial charge is 0.412 e. The third kappa shape index (κ3) is 7.92. The zero-order valence-corrected chi connectivity index (χ0v) is 15.2. The van der Waals surface area contributed by atoms with Gasteiger partial charge in [0, 0.05) is 38.3 Å². The van der Waals surface area contributed by atoms with E-state index in [0.29, 0.717) is 0 Å². The summed E-state index contributed by atoms with van der Waals surface area (Å²) in [7, 11) is 1.95. The van der Waals surface area contributed by atoms with Gasteiger partial charge in [0.2, 0.25) is 0 Å². The van der Waals surface area contributed by atoms with Crippen molar-refractivity contribution >= 4 is 18.4 Å². The predicted octanol–water partition coefficient (Wildman–Crippen LogP) is 0.851. The van der Waals surface area contributed by atoms with E-state index in [4.69, 9.17) is 4.21 Å². The number of hydrogen-bond acceptors (Lipinski definition) is 5. The van der Waals surface area contributed by atoms with Gasteiger partial charge < -0.3 is 21.0 Å².